The summed E-state index contributed by atoms with van der Waals surface area (Å²) >= 11 is 0. The van der Waals surface area contributed by atoms with Crippen LogP contribution in [-0.4, -0.2) is 24.6 Å². The number of hydrogen-bond acceptors (Lipinski definition) is 4. The first-order chi connectivity index (χ1) is 13.8. The van der Waals surface area contributed by atoms with E-state index in [0.29, 0.717) is 6.54 Å². The molecule has 0 radical (unpaired) electrons. The third kappa shape index (κ3) is 3.70. The zero-order chi connectivity index (χ0) is 19.3. The molecule has 28 heavy (non-hydrogen) atoms. The maximum Gasteiger partial charge on any atom is 0.128 e. The van der Waals surface area contributed by atoms with E-state index < -0.39 is 0 Å². The van der Waals surface area contributed by atoms with Crippen molar-refractivity contribution in [2.24, 2.45) is 0 Å². The minimum atomic E-state index is 0.0511. The highest BCUT2D eigenvalue weighted by molar-refractivity contribution is 5.76. The molecule has 0 aliphatic rings. The number of hydrogen-bond donors (Lipinski definition) is 1. The fraction of sp³-hybridized carbons (Fsp3) is 0.174. The molecule has 0 saturated carbocycles. The lowest BCUT2D eigenvalue weighted by Gasteiger charge is -2.11. The SMILES string of the molecule is CCc1nccc(-c2c(-c3ccccc3)ncn2Cc2ccc(CO)cc2)n1. The largest absolute Gasteiger partial charge is 0.392 e. The van der Waals surface area contributed by atoms with Gasteiger partial charge in [0.2, 0.25) is 0 Å². The average molecular weight is 370 g/mol. The molecule has 0 amide bonds. The summed E-state index contributed by atoms with van der Waals surface area (Å²) in [5.74, 6) is 0.816. The number of aliphatic hydroxyl groups excluding tert-OH is 1. The van der Waals surface area contributed by atoms with Crippen molar-refractivity contribution in [1.82, 2.24) is 19.5 Å². The predicted molar refractivity (Wildman–Crippen MR) is 110 cm³/mol. The van der Waals surface area contributed by atoms with Gasteiger partial charge in [0.05, 0.1) is 30.0 Å². The summed E-state index contributed by atoms with van der Waals surface area (Å²) in [4.78, 5) is 13.8. The number of nitrogens with zero attached hydrogens (tertiary/aromatic N) is 4. The molecule has 0 fully saturated rings. The molecular weight excluding hydrogens is 348 g/mol. The number of aryl methyl sites for hydroxylation is 1. The molecule has 4 rings (SSSR count). The van der Waals surface area contributed by atoms with Crippen LogP contribution >= 0.6 is 0 Å². The van der Waals surface area contributed by atoms with Crippen LogP contribution in [-0.2, 0) is 19.6 Å². The van der Waals surface area contributed by atoms with Gasteiger partial charge in [0.15, 0.2) is 0 Å². The van der Waals surface area contributed by atoms with Crippen LogP contribution in [0.3, 0.4) is 0 Å². The third-order valence-electron chi connectivity index (χ3n) is 4.71. The summed E-state index contributed by atoms with van der Waals surface area (Å²) in [6, 6.07) is 20.1. The molecular formula is C23H22N4O. The Morgan fingerprint density at radius 1 is 0.893 bits per heavy atom. The van der Waals surface area contributed by atoms with Crippen LogP contribution < -0.4 is 0 Å². The number of rotatable bonds is 6. The minimum absolute atomic E-state index is 0.0511. The van der Waals surface area contributed by atoms with E-state index in [0.717, 1.165) is 46.0 Å². The number of imidazole rings is 1. The molecule has 0 atom stereocenters. The highest BCUT2D eigenvalue weighted by Gasteiger charge is 2.17. The first kappa shape index (κ1) is 18.1. The fourth-order valence-corrected chi connectivity index (χ4v) is 3.23. The van der Waals surface area contributed by atoms with E-state index in [9.17, 15) is 5.11 Å². The summed E-state index contributed by atoms with van der Waals surface area (Å²) in [5.41, 5.74) is 5.87. The molecule has 0 unspecified atom stereocenters. The summed E-state index contributed by atoms with van der Waals surface area (Å²) < 4.78 is 2.12. The first-order valence-electron chi connectivity index (χ1n) is 9.40. The zero-order valence-electron chi connectivity index (χ0n) is 15.8. The second kappa shape index (κ2) is 8.15. The van der Waals surface area contributed by atoms with Gasteiger partial charge in [-0.2, -0.15) is 0 Å². The number of aliphatic hydroxyl groups is 1. The molecule has 4 aromatic rings. The van der Waals surface area contributed by atoms with Gasteiger partial charge >= 0.3 is 0 Å². The van der Waals surface area contributed by atoms with Crippen LogP contribution in [0.25, 0.3) is 22.6 Å². The van der Waals surface area contributed by atoms with Crippen molar-refractivity contribution in [3.8, 4) is 22.6 Å². The Morgan fingerprint density at radius 3 is 2.36 bits per heavy atom. The Morgan fingerprint density at radius 2 is 1.64 bits per heavy atom. The minimum Gasteiger partial charge on any atom is -0.392 e. The maximum atomic E-state index is 9.26. The smallest absolute Gasteiger partial charge is 0.128 e. The van der Waals surface area contributed by atoms with Gasteiger partial charge < -0.3 is 9.67 Å². The van der Waals surface area contributed by atoms with Crippen molar-refractivity contribution in [3.05, 3.63) is 90.1 Å². The van der Waals surface area contributed by atoms with E-state index in [2.05, 4.69) is 28.6 Å². The highest BCUT2D eigenvalue weighted by atomic mass is 16.3. The van der Waals surface area contributed by atoms with Gasteiger partial charge in [-0.15, -0.1) is 0 Å². The molecule has 0 saturated heterocycles. The van der Waals surface area contributed by atoms with Crippen molar-refractivity contribution in [3.63, 3.8) is 0 Å². The van der Waals surface area contributed by atoms with Crippen molar-refractivity contribution in [1.29, 1.82) is 0 Å². The van der Waals surface area contributed by atoms with E-state index in [1.165, 1.54) is 0 Å². The molecule has 0 bridgehead atoms. The number of aromatic nitrogens is 4. The standard InChI is InChI=1S/C23H22N4O/c1-2-21-24-13-12-20(26-21)23-22(19-6-4-3-5-7-19)25-16-27(23)14-17-8-10-18(15-28)11-9-17/h3-13,16,28H,2,14-15H2,1H3. The summed E-state index contributed by atoms with van der Waals surface area (Å²) in [6.07, 6.45) is 4.46. The van der Waals surface area contributed by atoms with Crippen molar-refractivity contribution in [2.75, 3.05) is 0 Å². The van der Waals surface area contributed by atoms with E-state index in [1.807, 2.05) is 61.1 Å². The first-order valence-corrected chi connectivity index (χ1v) is 9.40. The van der Waals surface area contributed by atoms with Gasteiger partial charge in [-0.1, -0.05) is 61.5 Å². The second-order valence-corrected chi connectivity index (χ2v) is 6.62. The highest BCUT2D eigenvalue weighted by Crippen LogP contribution is 2.30. The zero-order valence-corrected chi connectivity index (χ0v) is 15.8. The van der Waals surface area contributed by atoms with E-state index in [4.69, 9.17) is 9.97 Å². The van der Waals surface area contributed by atoms with Gasteiger partial charge in [-0.3, -0.25) is 0 Å². The molecule has 0 spiro atoms. The Labute approximate surface area is 164 Å². The Bertz CT molecular complexity index is 1060. The van der Waals surface area contributed by atoms with E-state index in [-0.39, 0.29) is 6.61 Å². The predicted octanol–water partition coefficient (Wildman–Crippen LogP) is 4.11. The molecule has 2 aromatic heterocycles. The molecule has 0 aliphatic heterocycles. The lowest BCUT2D eigenvalue weighted by atomic mass is 10.1. The van der Waals surface area contributed by atoms with Gasteiger partial charge in [-0.05, 0) is 17.2 Å². The van der Waals surface area contributed by atoms with Crippen LogP contribution in [0.15, 0.2) is 73.2 Å². The molecule has 1 N–H and O–H groups in total. The number of benzene rings is 2. The van der Waals surface area contributed by atoms with Crippen molar-refractivity contribution < 1.29 is 5.11 Å². The van der Waals surface area contributed by atoms with Gasteiger partial charge in [0.1, 0.15) is 5.82 Å². The molecule has 5 heteroatoms. The molecule has 140 valence electrons. The Balaban J connectivity index is 1.80. The van der Waals surface area contributed by atoms with Crippen LogP contribution in [0, 0.1) is 0 Å². The second-order valence-electron chi connectivity index (χ2n) is 6.62. The van der Waals surface area contributed by atoms with Crippen LogP contribution in [0.1, 0.15) is 23.9 Å². The monoisotopic (exact) mass is 370 g/mol. The van der Waals surface area contributed by atoms with Crippen LogP contribution in [0.2, 0.25) is 0 Å². The van der Waals surface area contributed by atoms with Crippen molar-refractivity contribution >= 4 is 0 Å². The van der Waals surface area contributed by atoms with Gasteiger partial charge in [-0.25, -0.2) is 15.0 Å². The third-order valence-corrected chi connectivity index (χ3v) is 4.71. The topological polar surface area (TPSA) is 63.8 Å². The lowest BCUT2D eigenvalue weighted by Crippen LogP contribution is -2.04. The lowest BCUT2D eigenvalue weighted by molar-refractivity contribution is 0.282. The van der Waals surface area contributed by atoms with E-state index in [1.54, 1.807) is 0 Å². The molecule has 2 heterocycles. The maximum absolute atomic E-state index is 9.26. The van der Waals surface area contributed by atoms with Gasteiger partial charge in [0, 0.05) is 24.7 Å². The van der Waals surface area contributed by atoms with E-state index >= 15 is 0 Å². The molecule has 5 nitrogen and oxygen atoms in total. The Kier molecular flexibility index (Phi) is 5.26. The summed E-state index contributed by atoms with van der Waals surface area (Å²) in [6.45, 7) is 2.78. The summed E-state index contributed by atoms with van der Waals surface area (Å²) in [5, 5.41) is 9.26. The van der Waals surface area contributed by atoms with Gasteiger partial charge in [0.25, 0.3) is 0 Å². The summed E-state index contributed by atoms with van der Waals surface area (Å²) in [7, 11) is 0. The quantitative estimate of drug-likeness (QED) is 0.555. The molecule has 2 aromatic carbocycles. The van der Waals surface area contributed by atoms with Crippen LogP contribution in [0.5, 0.6) is 0 Å². The molecule has 0 aliphatic carbocycles. The van der Waals surface area contributed by atoms with Crippen LogP contribution in [0.4, 0.5) is 0 Å². The normalized spacial score (nSPS) is 10.9. The fourth-order valence-electron chi connectivity index (χ4n) is 3.23. The Hall–Kier alpha value is -3.31. The average Bonchev–Trinajstić information content (AvgIpc) is 3.18. The van der Waals surface area contributed by atoms with Crippen molar-refractivity contribution in [2.45, 2.75) is 26.5 Å².